The normalized spacial score (nSPS) is 12.0. The molecule has 0 fully saturated rings. The lowest BCUT2D eigenvalue weighted by Gasteiger charge is -2.29. The number of ether oxygens (including phenoxy) is 1. The van der Waals surface area contributed by atoms with Gasteiger partial charge in [-0.05, 0) is 49.6 Å². The van der Waals surface area contributed by atoms with Crippen LogP contribution in [0.1, 0.15) is 38.7 Å². The summed E-state index contributed by atoms with van der Waals surface area (Å²) >= 11 is 0. The molecule has 0 unspecified atom stereocenters. The molecule has 0 aliphatic rings. The van der Waals surface area contributed by atoms with Crippen molar-refractivity contribution in [1.82, 2.24) is 10.2 Å². The number of amides is 2. The Bertz CT molecular complexity index is 1030. The smallest absolute Gasteiger partial charge is 0.242 e. The van der Waals surface area contributed by atoms with Crippen LogP contribution in [0.15, 0.2) is 54.6 Å². The number of nitrogens with one attached hydrogen (secondary N) is 1. The molecule has 0 spiro atoms. The van der Waals surface area contributed by atoms with Crippen LogP contribution in [0.2, 0.25) is 0 Å². The van der Waals surface area contributed by atoms with Crippen molar-refractivity contribution in [1.29, 1.82) is 0 Å². The van der Waals surface area contributed by atoms with E-state index in [2.05, 4.69) is 5.32 Å². The topological polar surface area (TPSA) is 96.0 Å². The van der Waals surface area contributed by atoms with E-state index in [0.717, 1.165) is 18.2 Å². The number of nitrogens with zero attached hydrogens (tertiary/aromatic N) is 2. The molecule has 2 amide bonds. The van der Waals surface area contributed by atoms with Crippen LogP contribution >= 0.6 is 0 Å². The number of methoxy groups -OCH3 is 1. The van der Waals surface area contributed by atoms with Gasteiger partial charge in [0.05, 0.1) is 19.1 Å². The summed E-state index contributed by atoms with van der Waals surface area (Å²) in [5, 5.41) is 2.85. The predicted octanol–water partition coefficient (Wildman–Crippen LogP) is 3.18. The third-order valence-corrected chi connectivity index (χ3v) is 6.62. The van der Waals surface area contributed by atoms with E-state index in [1.165, 1.54) is 4.31 Å². The Hall–Kier alpha value is -3.07. The first kappa shape index (κ1) is 27.2. The van der Waals surface area contributed by atoms with Crippen LogP contribution in [0.3, 0.4) is 0 Å². The van der Waals surface area contributed by atoms with Gasteiger partial charge in [-0.15, -0.1) is 0 Å². The summed E-state index contributed by atoms with van der Waals surface area (Å²) in [7, 11) is -1.92. The fourth-order valence-corrected chi connectivity index (χ4v) is 4.47. The Kier molecular flexibility index (Phi) is 10.4. The van der Waals surface area contributed by atoms with Crippen molar-refractivity contribution in [2.24, 2.45) is 0 Å². The van der Waals surface area contributed by atoms with Gasteiger partial charge in [0.15, 0.2) is 0 Å². The monoisotopic (exact) mass is 489 g/mol. The summed E-state index contributed by atoms with van der Waals surface area (Å²) in [5.74, 6) is 0.277. The molecule has 0 saturated heterocycles. The number of hydrogen-bond donors (Lipinski definition) is 1. The van der Waals surface area contributed by atoms with E-state index in [4.69, 9.17) is 4.74 Å². The molecule has 186 valence electrons. The second-order valence-electron chi connectivity index (χ2n) is 8.11. The highest BCUT2D eigenvalue weighted by molar-refractivity contribution is 7.92. The number of benzene rings is 2. The highest BCUT2D eigenvalue weighted by Gasteiger charge is 2.26. The number of carbonyl (C=O) groups is 2. The zero-order valence-corrected chi connectivity index (χ0v) is 21.2. The molecule has 9 heteroatoms. The molecule has 0 aliphatic carbocycles. The Balaban J connectivity index is 2.13. The van der Waals surface area contributed by atoms with Gasteiger partial charge in [0, 0.05) is 26.1 Å². The molecule has 34 heavy (non-hydrogen) atoms. The van der Waals surface area contributed by atoms with Gasteiger partial charge in [0.25, 0.3) is 0 Å². The average Bonchev–Trinajstić information content (AvgIpc) is 2.83. The molecule has 1 N–H and O–H groups in total. The van der Waals surface area contributed by atoms with Crippen LogP contribution in [0.5, 0.6) is 5.75 Å². The first-order valence-corrected chi connectivity index (χ1v) is 13.2. The van der Waals surface area contributed by atoms with Gasteiger partial charge in [-0.1, -0.05) is 37.3 Å². The van der Waals surface area contributed by atoms with Crippen LogP contribution in [-0.2, 0) is 26.2 Å². The Labute approximate surface area is 202 Å². The van der Waals surface area contributed by atoms with Crippen molar-refractivity contribution in [3.05, 3.63) is 60.2 Å². The molecule has 2 aromatic rings. The van der Waals surface area contributed by atoms with Crippen molar-refractivity contribution < 1.29 is 22.7 Å². The minimum absolute atomic E-state index is 0.112. The summed E-state index contributed by atoms with van der Waals surface area (Å²) in [6.07, 6.45) is 2.38. The molecule has 0 aliphatic heterocycles. The summed E-state index contributed by atoms with van der Waals surface area (Å²) in [5.41, 5.74) is 1.42. The molecule has 8 nitrogen and oxygen atoms in total. The summed E-state index contributed by atoms with van der Waals surface area (Å²) in [6.45, 7) is 4.64. The maximum Gasteiger partial charge on any atom is 0.242 e. The van der Waals surface area contributed by atoms with Gasteiger partial charge in [0.1, 0.15) is 11.8 Å². The predicted molar refractivity (Wildman–Crippen MR) is 134 cm³/mol. The van der Waals surface area contributed by atoms with Crippen LogP contribution in [0, 0.1) is 0 Å². The lowest BCUT2D eigenvalue weighted by Crippen LogP contribution is -2.47. The molecular formula is C25H35N3O5S. The zero-order valence-electron chi connectivity index (χ0n) is 20.4. The number of sulfonamides is 1. The SMILES string of the molecule is CCCNC(=O)[C@H](C)N(Cc1ccc(OC)cc1)C(=O)CCCN(c1ccccc1)S(C)(=O)=O. The van der Waals surface area contributed by atoms with Crippen LogP contribution in [-0.4, -0.2) is 57.6 Å². The van der Waals surface area contributed by atoms with Gasteiger partial charge in [-0.3, -0.25) is 13.9 Å². The molecule has 0 bridgehead atoms. The standard InChI is InChI=1S/C25H35N3O5S/c1-5-17-26-25(30)20(2)27(19-21-13-15-23(33-3)16-14-21)24(29)12-9-18-28(34(4,31)32)22-10-7-6-8-11-22/h6-8,10-11,13-16,20H,5,9,12,17-19H2,1-4H3,(H,26,30)/t20-/m0/s1. The minimum Gasteiger partial charge on any atom is -0.497 e. The maximum absolute atomic E-state index is 13.2. The lowest BCUT2D eigenvalue weighted by molar-refractivity contribution is -0.140. The van der Waals surface area contributed by atoms with Crippen LogP contribution in [0.4, 0.5) is 5.69 Å². The van der Waals surface area contributed by atoms with Gasteiger partial charge in [-0.25, -0.2) is 8.42 Å². The quantitative estimate of drug-likeness (QED) is 0.466. The molecular weight excluding hydrogens is 454 g/mol. The number of carbonyl (C=O) groups excluding carboxylic acids is 2. The highest BCUT2D eigenvalue weighted by Crippen LogP contribution is 2.19. The highest BCUT2D eigenvalue weighted by atomic mass is 32.2. The molecule has 2 rings (SSSR count). The largest absolute Gasteiger partial charge is 0.497 e. The van der Waals surface area contributed by atoms with E-state index in [9.17, 15) is 18.0 Å². The summed E-state index contributed by atoms with van der Waals surface area (Å²) < 4.78 is 31.1. The number of para-hydroxylation sites is 1. The van der Waals surface area contributed by atoms with Crippen molar-refractivity contribution in [2.45, 2.75) is 45.7 Å². The van der Waals surface area contributed by atoms with Gasteiger partial charge in [0.2, 0.25) is 21.8 Å². The zero-order chi connectivity index (χ0) is 25.1. The number of anilines is 1. The van der Waals surface area contributed by atoms with Crippen molar-refractivity contribution >= 4 is 27.5 Å². The fraction of sp³-hybridized carbons (Fsp3) is 0.440. The Morgan fingerprint density at radius 3 is 2.26 bits per heavy atom. The number of hydrogen-bond acceptors (Lipinski definition) is 5. The Morgan fingerprint density at radius 1 is 1.06 bits per heavy atom. The third-order valence-electron chi connectivity index (χ3n) is 5.42. The van der Waals surface area contributed by atoms with Gasteiger partial charge >= 0.3 is 0 Å². The third kappa shape index (κ3) is 8.06. The lowest BCUT2D eigenvalue weighted by atomic mass is 10.1. The first-order valence-electron chi connectivity index (χ1n) is 11.4. The van der Waals surface area contributed by atoms with E-state index < -0.39 is 16.1 Å². The average molecular weight is 490 g/mol. The summed E-state index contributed by atoms with van der Waals surface area (Å²) in [4.78, 5) is 27.4. The minimum atomic E-state index is -3.50. The molecule has 2 aromatic carbocycles. The maximum atomic E-state index is 13.2. The van der Waals surface area contributed by atoms with E-state index in [1.54, 1.807) is 43.2 Å². The van der Waals surface area contributed by atoms with E-state index in [-0.39, 0.29) is 31.3 Å². The van der Waals surface area contributed by atoms with E-state index in [1.807, 2.05) is 37.3 Å². The molecule has 0 radical (unpaired) electrons. The molecule has 1 atom stereocenters. The van der Waals surface area contributed by atoms with Gasteiger partial charge < -0.3 is 15.0 Å². The fourth-order valence-electron chi connectivity index (χ4n) is 3.50. The van der Waals surface area contributed by atoms with Crippen LogP contribution < -0.4 is 14.4 Å². The van der Waals surface area contributed by atoms with Crippen molar-refractivity contribution in [2.75, 3.05) is 30.8 Å². The van der Waals surface area contributed by atoms with Gasteiger partial charge in [-0.2, -0.15) is 0 Å². The first-order chi connectivity index (χ1) is 16.2. The van der Waals surface area contributed by atoms with Crippen molar-refractivity contribution in [3.8, 4) is 5.75 Å². The Morgan fingerprint density at radius 2 is 1.71 bits per heavy atom. The summed E-state index contributed by atoms with van der Waals surface area (Å²) in [6, 6.07) is 15.5. The van der Waals surface area contributed by atoms with Crippen molar-refractivity contribution in [3.63, 3.8) is 0 Å². The number of rotatable bonds is 13. The second kappa shape index (κ2) is 13.0. The molecule has 0 aromatic heterocycles. The van der Waals surface area contributed by atoms with Crippen LogP contribution in [0.25, 0.3) is 0 Å². The second-order valence-corrected chi connectivity index (χ2v) is 10.0. The molecule has 0 heterocycles. The van der Waals surface area contributed by atoms with E-state index in [0.29, 0.717) is 24.4 Å². The molecule has 0 saturated carbocycles. The van der Waals surface area contributed by atoms with E-state index >= 15 is 0 Å².